The molecule has 1 aliphatic heterocycles. The number of rotatable bonds is 5. The second kappa shape index (κ2) is 8.99. The zero-order valence-corrected chi connectivity index (χ0v) is 20.4. The van der Waals surface area contributed by atoms with Gasteiger partial charge in [0.2, 0.25) is 5.91 Å². The average molecular weight is 489 g/mol. The number of nitrogens with one attached hydrogen (secondary N) is 1. The maximum absolute atomic E-state index is 13.1. The Hall–Kier alpha value is -3.98. The van der Waals surface area contributed by atoms with Crippen LogP contribution in [-0.4, -0.2) is 40.2 Å². The average Bonchev–Trinajstić information content (AvgIpc) is 3.40. The van der Waals surface area contributed by atoms with Crippen molar-refractivity contribution < 1.29 is 19.1 Å². The maximum Gasteiger partial charge on any atom is 0.349 e. The lowest BCUT2D eigenvalue weighted by molar-refractivity contribution is -0.128. The van der Waals surface area contributed by atoms with Crippen molar-refractivity contribution in [3.8, 4) is 0 Å². The molecule has 1 aliphatic rings. The van der Waals surface area contributed by atoms with Crippen LogP contribution >= 0.6 is 11.3 Å². The lowest BCUT2D eigenvalue weighted by atomic mass is 10.1. The highest BCUT2D eigenvalue weighted by Crippen LogP contribution is 2.31. The van der Waals surface area contributed by atoms with Gasteiger partial charge in [-0.25, -0.2) is 4.79 Å². The van der Waals surface area contributed by atoms with Gasteiger partial charge in [0.05, 0.1) is 23.6 Å². The standard InChI is InChI=1S/C26H24N4O4S/c1-15-8-10-18(11-9-15)13-30-25-19(16(2)28-30)12-22(35-25)26(33)34-17(3)24(32)29-14-23(31)27-20-6-4-5-7-21(20)29/h4-12,17H,13-14H2,1-3H3,(H,27,31)/t17-/m0/s1. The molecule has 0 unspecified atom stereocenters. The fourth-order valence-corrected chi connectivity index (χ4v) is 5.15. The summed E-state index contributed by atoms with van der Waals surface area (Å²) in [6, 6.07) is 17.0. The monoisotopic (exact) mass is 488 g/mol. The summed E-state index contributed by atoms with van der Waals surface area (Å²) >= 11 is 1.29. The van der Waals surface area contributed by atoms with Crippen molar-refractivity contribution in [1.82, 2.24) is 9.78 Å². The zero-order chi connectivity index (χ0) is 24.7. The van der Waals surface area contributed by atoms with E-state index in [0.717, 1.165) is 21.5 Å². The number of fused-ring (bicyclic) bond motifs is 2. The highest BCUT2D eigenvalue weighted by Gasteiger charge is 2.32. The summed E-state index contributed by atoms with van der Waals surface area (Å²) in [4.78, 5) is 40.7. The largest absolute Gasteiger partial charge is 0.448 e. The number of aromatic nitrogens is 2. The second-order valence-electron chi connectivity index (χ2n) is 8.60. The highest BCUT2D eigenvalue weighted by atomic mass is 32.1. The summed E-state index contributed by atoms with van der Waals surface area (Å²) in [6.07, 6.45) is -1.06. The van der Waals surface area contributed by atoms with Gasteiger partial charge in [-0.05, 0) is 44.5 Å². The molecule has 0 saturated carbocycles. The minimum atomic E-state index is -1.06. The van der Waals surface area contributed by atoms with E-state index in [1.807, 2.05) is 18.5 Å². The van der Waals surface area contributed by atoms with E-state index in [4.69, 9.17) is 4.74 Å². The van der Waals surface area contributed by atoms with Crippen LogP contribution in [0.3, 0.4) is 0 Å². The molecule has 0 aliphatic carbocycles. The molecule has 5 rings (SSSR count). The van der Waals surface area contributed by atoms with Gasteiger partial charge in [-0.1, -0.05) is 42.0 Å². The van der Waals surface area contributed by atoms with Gasteiger partial charge in [0.1, 0.15) is 16.3 Å². The first-order valence-corrected chi connectivity index (χ1v) is 12.1. The predicted molar refractivity (Wildman–Crippen MR) is 135 cm³/mol. The molecule has 2 aromatic carbocycles. The van der Waals surface area contributed by atoms with Gasteiger partial charge in [0, 0.05) is 5.39 Å². The molecule has 178 valence electrons. The van der Waals surface area contributed by atoms with E-state index in [9.17, 15) is 14.4 Å². The molecule has 9 heteroatoms. The number of anilines is 2. The van der Waals surface area contributed by atoms with Crippen LogP contribution in [-0.2, 0) is 20.9 Å². The number of para-hydroxylation sites is 2. The van der Waals surface area contributed by atoms with Crippen molar-refractivity contribution in [2.24, 2.45) is 0 Å². The number of ether oxygens (including phenoxy) is 1. The highest BCUT2D eigenvalue weighted by molar-refractivity contribution is 7.20. The number of aryl methyl sites for hydroxylation is 2. The molecule has 0 radical (unpaired) electrons. The Labute approximate surface area is 206 Å². The Morgan fingerprint density at radius 3 is 2.66 bits per heavy atom. The van der Waals surface area contributed by atoms with Crippen molar-refractivity contribution in [3.05, 3.63) is 76.3 Å². The molecule has 0 spiro atoms. The number of carbonyl (C=O) groups is 3. The van der Waals surface area contributed by atoms with Gasteiger partial charge in [0.25, 0.3) is 5.91 Å². The Balaban J connectivity index is 1.34. The molecule has 1 atom stereocenters. The van der Waals surface area contributed by atoms with Crippen LogP contribution < -0.4 is 10.2 Å². The Morgan fingerprint density at radius 2 is 1.89 bits per heavy atom. The van der Waals surface area contributed by atoms with Gasteiger partial charge in [-0.15, -0.1) is 11.3 Å². The van der Waals surface area contributed by atoms with Crippen LogP contribution in [0.25, 0.3) is 10.2 Å². The molecule has 1 N–H and O–H groups in total. The van der Waals surface area contributed by atoms with Crippen LogP contribution in [0.4, 0.5) is 11.4 Å². The van der Waals surface area contributed by atoms with E-state index in [1.54, 1.807) is 30.3 Å². The summed E-state index contributed by atoms with van der Waals surface area (Å²) in [5.41, 5.74) is 4.25. The number of nitrogens with zero attached hydrogens (tertiary/aromatic N) is 3. The van der Waals surface area contributed by atoms with E-state index in [2.05, 4.69) is 34.7 Å². The van der Waals surface area contributed by atoms with E-state index in [0.29, 0.717) is 22.8 Å². The van der Waals surface area contributed by atoms with Crippen LogP contribution in [0.5, 0.6) is 0 Å². The van der Waals surface area contributed by atoms with E-state index in [1.165, 1.54) is 28.7 Å². The first-order chi connectivity index (χ1) is 16.8. The molecule has 2 aromatic heterocycles. The fraction of sp³-hybridized carbons (Fsp3) is 0.231. The number of carbonyl (C=O) groups excluding carboxylic acids is 3. The number of amides is 2. The van der Waals surface area contributed by atoms with E-state index in [-0.39, 0.29) is 12.5 Å². The minimum Gasteiger partial charge on any atom is -0.448 e. The normalized spacial score (nSPS) is 13.9. The first-order valence-electron chi connectivity index (χ1n) is 11.2. The molecule has 3 heterocycles. The third-order valence-corrected chi connectivity index (χ3v) is 7.06. The van der Waals surface area contributed by atoms with Gasteiger partial charge >= 0.3 is 5.97 Å². The third kappa shape index (κ3) is 4.42. The quantitative estimate of drug-likeness (QED) is 0.423. The molecule has 8 nitrogen and oxygen atoms in total. The van der Waals surface area contributed by atoms with Gasteiger partial charge < -0.3 is 10.1 Å². The number of thiophene rings is 1. The fourth-order valence-electron chi connectivity index (χ4n) is 4.11. The number of benzene rings is 2. The summed E-state index contributed by atoms with van der Waals surface area (Å²) < 4.78 is 7.41. The summed E-state index contributed by atoms with van der Waals surface area (Å²) in [6.45, 7) is 5.93. The second-order valence-corrected chi connectivity index (χ2v) is 9.63. The minimum absolute atomic E-state index is 0.130. The van der Waals surface area contributed by atoms with E-state index >= 15 is 0 Å². The van der Waals surface area contributed by atoms with Crippen molar-refractivity contribution in [2.75, 3.05) is 16.8 Å². The Kier molecular flexibility index (Phi) is 5.86. The topological polar surface area (TPSA) is 93.5 Å². The van der Waals surface area contributed by atoms with Gasteiger partial charge in [-0.2, -0.15) is 5.10 Å². The molecule has 0 bridgehead atoms. The zero-order valence-electron chi connectivity index (χ0n) is 19.6. The van der Waals surface area contributed by atoms with Crippen molar-refractivity contribution in [1.29, 1.82) is 0 Å². The molecular formula is C26H24N4O4S. The summed E-state index contributed by atoms with van der Waals surface area (Å²) in [7, 11) is 0. The smallest absolute Gasteiger partial charge is 0.349 e. The first kappa shape index (κ1) is 22.8. The lowest BCUT2D eigenvalue weighted by Gasteiger charge is -2.30. The van der Waals surface area contributed by atoms with E-state index < -0.39 is 18.0 Å². The van der Waals surface area contributed by atoms with Gasteiger partial charge in [-0.3, -0.25) is 19.2 Å². The van der Waals surface area contributed by atoms with Crippen molar-refractivity contribution in [3.63, 3.8) is 0 Å². The third-order valence-electron chi connectivity index (χ3n) is 5.93. The molecule has 0 saturated heterocycles. The molecule has 2 amide bonds. The number of hydrogen-bond donors (Lipinski definition) is 1. The SMILES string of the molecule is Cc1ccc(Cn2nc(C)c3cc(C(=O)O[C@@H](C)C(=O)N4CC(=O)Nc5ccccc54)sc32)cc1. The number of esters is 1. The van der Waals surface area contributed by atoms with Gasteiger partial charge in [0.15, 0.2) is 6.10 Å². The van der Waals surface area contributed by atoms with Crippen molar-refractivity contribution in [2.45, 2.75) is 33.4 Å². The molecular weight excluding hydrogens is 464 g/mol. The number of hydrogen-bond acceptors (Lipinski definition) is 6. The lowest BCUT2D eigenvalue weighted by Crippen LogP contribution is -2.47. The van der Waals surface area contributed by atoms with Crippen LogP contribution in [0.15, 0.2) is 54.6 Å². The Bertz CT molecular complexity index is 1450. The van der Waals surface area contributed by atoms with Crippen LogP contribution in [0, 0.1) is 13.8 Å². The maximum atomic E-state index is 13.1. The van der Waals surface area contributed by atoms with Crippen LogP contribution in [0.2, 0.25) is 0 Å². The Morgan fingerprint density at radius 1 is 1.14 bits per heavy atom. The summed E-state index contributed by atoms with van der Waals surface area (Å²) in [5.74, 6) is -1.33. The summed E-state index contributed by atoms with van der Waals surface area (Å²) in [5, 5.41) is 8.25. The molecule has 35 heavy (non-hydrogen) atoms. The van der Waals surface area contributed by atoms with Crippen LogP contribution in [0.1, 0.15) is 33.4 Å². The molecule has 4 aromatic rings. The van der Waals surface area contributed by atoms with Crippen molar-refractivity contribution >= 4 is 50.7 Å². The predicted octanol–water partition coefficient (Wildman–Crippen LogP) is 4.29. The molecule has 0 fully saturated rings.